The van der Waals surface area contributed by atoms with Crippen LogP contribution in [0.3, 0.4) is 0 Å². The van der Waals surface area contributed by atoms with Crippen molar-refractivity contribution in [2.45, 2.75) is 38.1 Å². The smallest absolute Gasteiger partial charge is 0.325 e. The van der Waals surface area contributed by atoms with E-state index in [-0.39, 0.29) is 18.4 Å². The monoisotopic (exact) mass is 369 g/mol. The molecule has 142 valence electrons. The van der Waals surface area contributed by atoms with Crippen LogP contribution in [0.4, 0.5) is 4.79 Å². The number of ether oxygens (including phenoxy) is 1. The van der Waals surface area contributed by atoms with Crippen LogP contribution < -0.4 is 10.1 Å². The molecule has 1 unspecified atom stereocenters. The minimum Gasteiger partial charge on any atom is -0.493 e. The summed E-state index contributed by atoms with van der Waals surface area (Å²) in [7, 11) is 0. The third-order valence-electron chi connectivity index (χ3n) is 5.53. The zero-order valence-electron chi connectivity index (χ0n) is 15.4. The van der Waals surface area contributed by atoms with Crippen LogP contribution >= 0.6 is 0 Å². The number of hydrogen-bond acceptors (Lipinski definition) is 4. The maximum absolute atomic E-state index is 13.2. The van der Waals surface area contributed by atoms with Gasteiger partial charge in [-0.2, -0.15) is 0 Å². The van der Waals surface area contributed by atoms with Gasteiger partial charge in [-0.3, -0.25) is 14.5 Å². The fourth-order valence-electron chi connectivity index (χ4n) is 4.17. The molecule has 4 rings (SSSR count). The molecule has 0 saturated carbocycles. The van der Waals surface area contributed by atoms with Crippen LogP contribution in [0.25, 0.3) is 0 Å². The molecule has 0 aromatic heterocycles. The predicted molar refractivity (Wildman–Crippen MR) is 97.8 cm³/mol. The Kier molecular flexibility index (Phi) is 4.37. The molecule has 1 spiro atoms. The number of nitrogens with one attached hydrogen (secondary N) is 1. The first-order valence-electron chi connectivity index (χ1n) is 9.42. The van der Waals surface area contributed by atoms with Crippen molar-refractivity contribution in [3.05, 3.63) is 41.6 Å². The molecule has 2 heterocycles. The second kappa shape index (κ2) is 6.72. The number of fused-ring (bicyclic) bond motifs is 2. The van der Waals surface area contributed by atoms with E-state index in [2.05, 4.69) is 11.4 Å². The Hall–Kier alpha value is -2.83. The van der Waals surface area contributed by atoms with Gasteiger partial charge >= 0.3 is 6.03 Å². The van der Waals surface area contributed by atoms with Crippen LogP contribution in [0, 0.1) is 0 Å². The number of nitrogens with zero attached hydrogens (tertiary/aromatic N) is 2. The number of para-hydroxylation sites is 1. The molecule has 7 heteroatoms. The number of hydrogen-bond donors (Lipinski definition) is 1. The normalized spacial score (nSPS) is 23.7. The van der Waals surface area contributed by atoms with Gasteiger partial charge in [0.1, 0.15) is 12.3 Å². The number of rotatable bonds is 4. The Labute approximate surface area is 158 Å². The first-order valence-corrected chi connectivity index (χ1v) is 9.42. The molecule has 1 aromatic carbocycles. The highest BCUT2D eigenvalue weighted by atomic mass is 16.5. The zero-order valence-corrected chi connectivity index (χ0v) is 15.4. The second-order valence-electron chi connectivity index (χ2n) is 7.05. The lowest BCUT2D eigenvalue weighted by molar-refractivity contribution is -0.138. The molecule has 0 bridgehead atoms. The molecule has 1 saturated heterocycles. The predicted octanol–water partition coefficient (Wildman–Crippen LogP) is 2.13. The Bertz CT molecular complexity index is 834. The van der Waals surface area contributed by atoms with Crippen molar-refractivity contribution in [2.75, 3.05) is 19.7 Å². The molecule has 1 aromatic rings. The van der Waals surface area contributed by atoms with Crippen molar-refractivity contribution < 1.29 is 19.1 Å². The summed E-state index contributed by atoms with van der Waals surface area (Å²) >= 11 is 0. The Balaban J connectivity index is 1.58. The fraction of sp³-hybridized carbons (Fsp3) is 0.450. The Morgan fingerprint density at radius 2 is 2.15 bits per heavy atom. The largest absolute Gasteiger partial charge is 0.493 e. The highest BCUT2D eigenvalue weighted by Gasteiger charge is 2.55. The van der Waals surface area contributed by atoms with E-state index in [1.54, 1.807) is 17.0 Å². The summed E-state index contributed by atoms with van der Waals surface area (Å²) in [6.45, 7) is 2.51. The van der Waals surface area contributed by atoms with Crippen LogP contribution in [0.1, 0.15) is 38.2 Å². The maximum Gasteiger partial charge on any atom is 0.325 e. The number of allylic oxidation sites excluding steroid dienone is 2. The van der Waals surface area contributed by atoms with Crippen molar-refractivity contribution in [1.29, 1.82) is 0 Å². The SMILES string of the molecule is CCN(C(=O)CN1C(=O)NC2(CCOc3ccccc32)C1=O)C1=CCCC1. The summed E-state index contributed by atoms with van der Waals surface area (Å²) in [5.41, 5.74) is 0.492. The highest BCUT2D eigenvalue weighted by Crippen LogP contribution is 2.41. The minimum absolute atomic E-state index is 0.230. The molecular formula is C20H23N3O4. The third-order valence-corrected chi connectivity index (χ3v) is 5.53. The van der Waals surface area contributed by atoms with Gasteiger partial charge in [0.05, 0.1) is 6.61 Å². The lowest BCUT2D eigenvalue weighted by Gasteiger charge is -2.33. The molecule has 4 amide bonds. The van der Waals surface area contributed by atoms with Gasteiger partial charge in [0.25, 0.3) is 5.91 Å². The van der Waals surface area contributed by atoms with Gasteiger partial charge in [0.2, 0.25) is 5.91 Å². The molecule has 7 nitrogen and oxygen atoms in total. The first-order chi connectivity index (χ1) is 13.1. The van der Waals surface area contributed by atoms with Gasteiger partial charge in [-0.15, -0.1) is 0 Å². The van der Waals surface area contributed by atoms with Crippen molar-refractivity contribution >= 4 is 17.8 Å². The van der Waals surface area contributed by atoms with Gasteiger partial charge in [0.15, 0.2) is 5.54 Å². The summed E-state index contributed by atoms with van der Waals surface area (Å²) in [6.07, 6.45) is 5.25. The molecule has 27 heavy (non-hydrogen) atoms. The lowest BCUT2D eigenvalue weighted by atomic mass is 9.84. The number of benzene rings is 1. The topological polar surface area (TPSA) is 79.0 Å². The number of imide groups is 1. The van der Waals surface area contributed by atoms with E-state index in [1.807, 2.05) is 19.1 Å². The molecule has 1 aliphatic carbocycles. The molecular weight excluding hydrogens is 346 g/mol. The van der Waals surface area contributed by atoms with Gasteiger partial charge in [-0.1, -0.05) is 24.3 Å². The number of amides is 4. The lowest BCUT2D eigenvalue weighted by Crippen LogP contribution is -2.48. The van der Waals surface area contributed by atoms with E-state index in [9.17, 15) is 14.4 Å². The average Bonchev–Trinajstić information content (AvgIpc) is 3.27. The van der Waals surface area contributed by atoms with E-state index in [4.69, 9.17) is 4.74 Å². The van der Waals surface area contributed by atoms with E-state index in [0.717, 1.165) is 29.9 Å². The maximum atomic E-state index is 13.2. The van der Waals surface area contributed by atoms with E-state index >= 15 is 0 Å². The Morgan fingerprint density at radius 3 is 2.89 bits per heavy atom. The standard InChI is InChI=1S/C20H23N3O4/c1-2-22(14-7-3-4-8-14)17(24)13-23-18(25)20(21-19(23)26)11-12-27-16-10-6-5-9-15(16)20/h5-7,9-10H,2-4,8,11-13H2,1H3,(H,21,26). The molecule has 2 aliphatic heterocycles. The summed E-state index contributed by atoms with van der Waals surface area (Å²) in [4.78, 5) is 41.4. The number of likely N-dealkylation sites (N-methyl/N-ethyl adjacent to an activating group) is 1. The second-order valence-corrected chi connectivity index (χ2v) is 7.05. The van der Waals surface area contributed by atoms with Crippen LogP contribution in [0.15, 0.2) is 36.0 Å². The van der Waals surface area contributed by atoms with Gasteiger partial charge < -0.3 is 15.0 Å². The van der Waals surface area contributed by atoms with Gasteiger partial charge in [0, 0.05) is 24.2 Å². The molecule has 3 aliphatic rings. The zero-order chi connectivity index (χ0) is 19.0. The van der Waals surface area contributed by atoms with E-state index < -0.39 is 11.6 Å². The minimum atomic E-state index is -1.14. The van der Waals surface area contributed by atoms with Crippen molar-refractivity contribution in [2.24, 2.45) is 0 Å². The van der Waals surface area contributed by atoms with Crippen molar-refractivity contribution in [3.63, 3.8) is 0 Å². The van der Waals surface area contributed by atoms with Crippen molar-refractivity contribution in [3.8, 4) is 5.75 Å². The van der Waals surface area contributed by atoms with Gasteiger partial charge in [-0.25, -0.2) is 4.79 Å². The van der Waals surface area contributed by atoms with Gasteiger partial charge in [-0.05, 0) is 32.3 Å². The summed E-state index contributed by atoms with van der Waals surface area (Å²) < 4.78 is 5.63. The molecule has 0 radical (unpaired) electrons. The van der Waals surface area contributed by atoms with E-state index in [1.165, 1.54) is 0 Å². The van der Waals surface area contributed by atoms with E-state index in [0.29, 0.717) is 30.9 Å². The molecule has 1 atom stereocenters. The Morgan fingerprint density at radius 1 is 1.33 bits per heavy atom. The summed E-state index contributed by atoms with van der Waals surface area (Å²) in [6, 6.07) is 6.69. The first kappa shape index (κ1) is 17.6. The van der Waals surface area contributed by atoms with Crippen LogP contribution in [-0.4, -0.2) is 47.3 Å². The van der Waals surface area contributed by atoms with Crippen molar-refractivity contribution in [1.82, 2.24) is 15.1 Å². The van der Waals surface area contributed by atoms with Crippen LogP contribution in [0.2, 0.25) is 0 Å². The highest BCUT2D eigenvalue weighted by molar-refractivity contribution is 6.09. The number of carbonyl (C=O) groups excluding carboxylic acids is 3. The quantitative estimate of drug-likeness (QED) is 0.825. The number of carbonyl (C=O) groups is 3. The van der Waals surface area contributed by atoms with Crippen LogP contribution in [0.5, 0.6) is 5.75 Å². The molecule has 1 N–H and O–H groups in total. The summed E-state index contributed by atoms with van der Waals surface area (Å²) in [5.74, 6) is -0.0172. The summed E-state index contributed by atoms with van der Waals surface area (Å²) in [5, 5.41) is 2.83. The van der Waals surface area contributed by atoms with Crippen LogP contribution in [-0.2, 0) is 15.1 Å². The molecule has 1 fully saturated rings. The number of urea groups is 1. The average molecular weight is 369 g/mol. The fourth-order valence-corrected chi connectivity index (χ4v) is 4.17. The third kappa shape index (κ3) is 2.78.